The Balaban J connectivity index is 1.52. The number of hydrogen-bond acceptors (Lipinski definition) is 3. The van der Waals surface area contributed by atoms with Gasteiger partial charge in [0.25, 0.3) is 0 Å². The Bertz CT molecular complexity index is 576. The zero-order chi connectivity index (χ0) is 14.7. The van der Waals surface area contributed by atoms with Gasteiger partial charge in [0.2, 0.25) is 0 Å². The third-order valence-electron chi connectivity index (χ3n) is 3.33. The van der Waals surface area contributed by atoms with E-state index >= 15 is 0 Å². The third-order valence-corrected chi connectivity index (χ3v) is 3.33. The van der Waals surface area contributed by atoms with Gasteiger partial charge in [-0.15, -0.1) is 0 Å². The van der Waals surface area contributed by atoms with Crippen molar-refractivity contribution in [2.45, 2.75) is 19.1 Å². The standard InChI is InChI=1S/C16H15F2NO2/c17-16(18)21-13-7-5-12(6-8-13)19-10-14-9-11-3-1-2-4-15(11)20-14/h1-8,14,16,19H,9-10H2. The number of rotatable bonds is 5. The first-order chi connectivity index (χ1) is 10.2. The summed E-state index contributed by atoms with van der Waals surface area (Å²) >= 11 is 0. The second kappa shape index (κ2) is 5.99. The second-order valence-corrected chi connectivity index (χ2v) is 4.84. The van der Waals surface area contributed by atoms with E-state index in [-0.39, 0.29) is 11.9 Å². The van der Waals surface area contributed by atoms with E-state index in [0.29, 0.717) is 6.54 Å². The van der Waals surface area contributed by atoms with Crippen LogP contribution in [0.3, 0.4) is 0 Å². The Morgan fingerprint density at radius 1 is 1.14 bits per heavy atom. The maximum atomic E-state index is 12.0. The van der Waals surface area contributed by atoms with Gasteiger partial charge >= 0.3 is 6.61 Å². The molecule has 1 atom stereocenters. The van der Waals surface area contributed by atoms with Crippen LogP contribution in [0.4, 0.5) is 14.5 Å². The zero-order valence-corrected chi connectivity index (χ0v) is 11.3. The molecule has 1 unspecified atom stereocenters. The topological polar surface area (TPSA) is 30.5 Å². The summed E-state index contributed by atoms with van der Waals surface area (Å²) in [6.45, 7) is -2.14. The molecule has 1 N–H and O–H groups in total. The van der Waals surface area contributed by atoms with Crippen LogP contribution >= 0.6 is 0 Å². The van der Waals surface area contributed by atoms with Crippen molar-refractivity contribution < 1.29 is 18.3 Å². The summed E-state index contributed by atoms with van der Waals surface area (Å²) in [5.41, 5.74) is 2.06. The molecule has 0 radical (unpaired) electrons. The van der Waals surface area contributed by atoms with Crippen LogP contribution in [0.15, 0.2) is 48.5 Å². The average Bonchev–Trinajstić information content (AvgIpc) is 2.89. The van der Waals surface area contributed by atoms with E-state index in [1.54, 1.807) is 12.1 Å². The fraction of sp³-hybridized carbons (Fsp3) is 0.250. The normalized spacial score (nSPS) is 16.4. The molecule has 0 spiro atoms. The molecule has 0 saturated carbocycles. The molecule has 0 aliphatic carbocycles. The molecule has 1 heterocycles. The first-order valence-corrected chi connectivity index (χ1v) is 6.74. The Labute approximate surface area is 121 Å². The number of ether oxygens (including phenoxy) is 2. The summed E-state index contributed by atoms with van der Waals surface area (Å²) in [6.07, 6.45) is 0.954. The number of hydrogen-bond donors (Lipinski definition) is 1. The van der Waals surface area contributed by atoms with Gasteiger partial charge < -0.3 is 14.8 Å². The second-order valence-electron chi connectivity index (χ2n) is 4.84. The minimum absolute atomic E-state index is 0.0828. The SMILES string of the molecule is FC(F)Oc1ccc(NCC2Cc3ccccc3O2)cc1. The van der Waals surface area contributed by atoms with Crippen LogP contribution in [0, 0.1) is 0 Å². The van der Waals surface area contributed by atoms with Crippen LogP contribution in [0.25, 0.3) is 0 Å². The molecule has 0 amide bonds. The van der Waals surface area contributed by atoms with E-state index in [1.165, 1.54) is 17.7 Å². The lowest BCUT2D eigenvalue weighted by molar-refractivity contribution is -0.0498. The smallest absolute Gasteiger partial charge is 0.387 e. The van der Waals surface area contributed by atoms with E-state index in [4.69, 9.17) is 4.74 Å². The molecule has 1 aliphatic rings. The Morgan fingerprint density at radius 2 is 1.90 bits per heavy atom. The highest BCUT2D eigenvalue weighted by atomic mass is 19.3. The monoisotopic (exact) mass is 291 g/mol. The van der Waals surface area contributed by atoms with E-state index in [9.17, 15) is 8.78 Å². The molecule has 0 fully saturated rings. The van der Waals surface area contributed by atoms with Gasteiger partial charge in [0.15, 0.2) is 0 Å². The number of nitrogens with one attached hydrogen (secondary N) is 1. The zero-order valence-electron chi connectivity index (χ0n) is 11.3. The summed E-state index contributed by atoms with van der Waals surface area (Å²) in [5, 5.41) is 3.23. The predicted molar refractivity (Wildman–Crippen MR) is 76.1 cm³/mol. The minimum atomic E-state index is -2.80. The minimum Gasteiger partial charge on any atom is -0.488 e. The lowest BCUT2D eigenvalue weighted by atomic mass is 10.1. The van der Waals surface area contributed by atoms with Crippen molar-refractivity contribution in [2.24, 2.45) is 0 Å². The van der Waals surface area contributed by atoms with Gasteiger partial charge in [-0.2, -0.15) is 8.78 Å². The predicted octanol–water partition coefficient (Wildman–Crippen LogP) is 3.70. The highest BCUT2D eigenvalue weighted by Gasteiger charge is 2.21. The summed E-state index contributed by atoms with van der Waals surface area (Å²) < 4.78 is 34.2. The number of benzene rings is 2. The first-order valence-electron chi connectivity index (χ1n) is 6.74. The van der Waals surface area contributed by atoms with E-state index in [1.807, 2.05) is 18.2 Å². The van der Waals surface area contributed by atoms with E-state index in [0.717, 1.165) is 17.9 Å². The number of alkyl halides is 2. The van der Waals surface area contributed by atoms with Crippen LogP contribution in [0.1, 0.15) is 5.56 Å². The molecule has 21 heavy (non-hydrogen) atoms. The van der Waals surface area contributed by atoms with Gasteiger partial charge in [0.1, 0.15) is 17.6 Å². The Morgan fingerprint density at radius 3 is 2.62 bits per heavy atom. The van der Waals surface area contributed by atoms with Gasteiger partial charge in [-0.05, 0) is 35.9 Å². The molecule has 0 bridgehead atoms. The van der Waals surface area contributed by atoms with E-state index in [2.05, 4.69) is 16.1 Å². The summed E-state index contributed by atoms with van der Waals surface area (Å²) in [7, 11) is 0. The average molecular weight is 291 g/mol. The molecule has 2 aromatic carbocycles. The molecule has 0 aromatic heterocycles. The Hall–Kier alpha value is -2.30. The highest BCUT2D eigenvalue weighted by Crippen LogP contribution is 2.28. The lowest BCUT2D eigenvalue weighted by Gasteiger charge is -2.13. The molecular formula is C16H15F2NO2. The molecule has 3 rings (SSSR count). The largest absolute Gasteiger partial charge is 0.488 e. The summed E-state index contributed by atoms with van der Waals surface area (Å²) in [5.74, 6) is 1.09. The van der Waals surface area contributed by atoms with E-state index < -0.39 is 6.61 Å². The van der Waals surface area contributed by atoms with Crippen LogP contribution in [-0.4, -0.2) is 19.3 Å². The fourth-order valence-electron chi connectivity index (χ4n) is 2.35. The number of fused-ring (bicyclic) bond motifs is 1. The van der Waals surface area contributed by atoms with Crippen molar-refractivity contribution in [2.75, 3.05) is 11.9 Å². The number of anilines is 1. The van der Waals surface area contributed by atoms with Crippen molar-refractivity contribution in [3.63, 3.8) is 0 Å². The number of para-hydroxylation sites is 1. The summed E-state index contributed by atoms with van der Waals surface area (Å²) in [6, 6.07) is 14.4. The van der Waals surface area contributed by atoms with Gasteiger partial charge in [-0.1, -0.05) is 18.2 Å². The molecule has 110 valence electrons. The van der Waals surface area contributed by atoms with Crippen molar-refractivity contribution in [3.05, 3.63) is 54.1 Å². The summed E-state index contributed by atoms with van der Waals surface area (Å²) in [4.78, 5) is 0. The van der Waals surface area contributed by atoms with Gasteiger partial charge in [0, 0.05) is 12.1 Å². The van der Waals surface area contributed by atoms with Crippen LogP contribution in [-0.2, 0) is 6.42 Å². The van der Waals surface area contributed by atoms with Crippen LogP contribution in [0.5, 0.6) is 11.5 Å². The number of halogens is 2. The van der Waals surface area contributed by atoms with Gasteiger partial charge in [-0.3, -0.25) is 0 Å². The van der Waals surface area contributed by atoms with Crippen LogP contribution in [0.2, 0.25) is 0 Å². The lowest BCUT2D eigenvalue weighted by Crippen LogP contribution is -2.23. The molecular weight excluding hydrogens is 276 g/mol. The molecule has 1 aliphatic heterocycles. The van der Waals surface area contributed by atoms with Crippen molar-refractivity contribution in [3.8, 4) is 11.5 Å². The third kappa shape index (κ3) is 3.42. The van der Waals surface area contributed by atoms with Crippen molar-refractivity contribution >= 4 is 5.69 Å². The molecule has 5 heteroatoms. The first kappa shape index (κ1) is 13.7. The molecule has 2 aromatic rings. The molecule has 3 nitrogen and oxygen atoms in total. The highest BCUT2D eigenvalue weighted by molar-refractivity contribution is 5.47. The van der Waals surface area contributed by atoms with Gasteiger partial charge in [-0.25, -0.2) is 0 Å². The Kier molecular flexibility index (Phi) is 3.90. The van der Waals surface area contributed by atoms with Crippen molar-refractivity contribution in [1.82, 2.24) is 0 Å². The van der Waals surface area contributed by atoms with Gasteiger partial charge in [0.05, 0.1) is 6.54 Å². The van der Waals surface area contributed by atoms with Crippen LogP contribution < -0.4 is 14.8 Å². The quantitative estimate of drug-likeness (QED) is 0.911. The molecule has 0 saturated heterocycles. The maximum Gasteiger partial charge on any atom is 0.387 e. The fourth-order valence-corrected chi connectivity index (χ4v) is 2.35. The van der Waals surface area contributed by atoms with Crippen molar-refractivity contribution in [1.29, 1.82) is 0 Å². The maximum absolute atomic E-state index is 12.0.